The zero-order valence-electron chi connectivity index (χ0n) is 36.0. The van der Waals surface area contributed by atoms with Gasteiger partial charge in [-0.05, 0) is 109 Å². The molecule has 2 atom stereocenters. The van der Waals surface area contributed by atoms with Crippen molar-refractivity contribution in [2.24, 2.45) is 5.92 Å². The molecule has 0 amide bonds. The van der Waals surface area contributed by atoms with Crippen molar-refractivity contribution in [2.45, 2.75) is 52.5 Å². The van der Waals surface area contributed by atoms with Gasteiger partial charge >= 0.3 is 0 Å². The molecule has 3 aromatic heterocycles. The second-order valence-electron chi connectivity index (χ2n) is 17.5. The van der Waals surface area contributed by atoms with Gasteiger partial charge in [0.2, 0.25) is 0 Å². The molecule has 0 radical (unpaired) electrons. The van der Waals surface area contributed by atoms with Crippen molar-refractivity contribution in [3.63, 3.8) is 0 Å². The molecule has 3 nitrogen and oxygen atoms in total. The molecule has 0 saturated carbocycles. The minimum absolute atomic E-state index is 0.0991. The summed E-state index contributed by atoms with van der Waals surface area (Å²) in [6, 6.07) is 60.7. The highest BCUT2D eigenvalue weighted by Gasteiger charge is 2.30. The normalized spacial score (nSPS) is 19.8. The molecular weight excluding hydrogens is 783 g/mol. The minimum Gasteiger partial charge on any atom is -0.377 e. The number of nitrogens with zero attached hydrogens (tertiary/aromatic N) is 2. The maximum Gasteiger partial charge on any atom is 0.0641 e. The monoisotopic (exact) mass is 831 g/mol. The van der Waals surface area contributed by atoms with Crippen LogP contribution in [0.25, 0.3) is 80.9 Å². The number of fused-ring (bicyclic) bond motifs is 10. The van der Waals surface area contributed by atoms with E-state index in [4.69, 9.17) is 0 Å². The largest absolute Gasteiger partial charge is 0.377 e. The van der Waals surface area contributed by atoms with E-state index in [9.17, 15) is 0 Å². The highest BCUT2D eigenvalue weighted by Crippen LogP contribution is 2.46. The number of aromatic nitrogens is 2. The smallest absolute Gasteiger partial charge is 0.0641 e. The van der Waals surface area contributed by atoms with E-state index < -0.39 is 0 Å². The van der Waals surface area contributed by atoms with Crippen LogP contribution in [0.15, 0.2) is 198 Å². The molecule has 0 saturated heterocycles. The van der Waals surface area contributed by atoms with E-state index >= 15 is 0 Å². The lowest BCUT2D eigenvalue weighted by molar-refractivity contribution is 0.477. The fourth-order valence-electron chi connectivity index (χ4n) is 10.9. The summed E-state index contributed by atoms with van der Waals surface area (Å²) in [4.78, 5) is 0. The van der Waals surface area contributed by atoms with Crippen molar-refractivity contribution in [3.05, 3.63) is 209 Å². The van der Waals surface area contributed by atoms with Crippen LogP contribution in [0.2, 0.25) is 0 Å². The van der Waals surface area contributed by atoms with Crippen LogP contribution in [0.5, 0.6) is 0 Å². The number of para-hydroxylation sites is 3. The first kappa shape index (κ1) is 37.8. The summed E-state index contributed by atoms with van der Waals surface area (Å²) in [5, 5.41) is 12.0. The van der Waals surface area contributed by atoms with Crippen LogP contribution in [0.3, 0.4) is 0 Å². The Morgan fingerprint density at radius 3 is 2.10 bits per heavy atom. The predicted molar refractivity (Wildman–Crippen MR) is 271 cm³/mol. The number of hydrogen-bond donors (Lipinski definition) is 1. The quantitative estimate of drug-likeness (QED) is 0.177. The van der Waals surface area contributed by atoms with Crippen molar-refractivity contribution < 1.29 is 0 Å². The first-order valence-corrected chi connectivity index (χ1v) is 23.4. The van der Waals surface area contributed by atoms with E-state index in [1.165, 1.54) is 114 Å². The molecule has 12 rings (SSSR count). The molecule has 7 aromatic carbocycles. The standard InChI is InChI=1S/C59H49N3S/c1-4-39-35-50(37(2)38(3)57(60-58(39)40-18-7-5-8-19-40)42-30-31-47-46-25-13-16-29-54(46)63-55(47)36-42)41-20-17-23-44(34-41)61-52-28-15-12-26-49(52)56-53(61)33-32-48-45-24-11-14-27-51(45)62(59(48)56)43-21-9-6-10-22-43/h5-16,18-19,21-34,36,38,57,60H,4,17,20,35H2,1-3H3/b50-37+,58-39-/t38?,57-/m0/s1. The molecule has 0 fully saturated rings. The fraction of sp³-hybridized carbons (Fsp3) is 0.153. The van der Waals surface area contributed by atoms with Gasteiger partial charge in [0.15, 0.2) is 0 Å². The van der Waals surface area contributed by atoms with Gasteiger partial charge in [0.05, 0.1) is 28.1 Å². The SMILES string of the molecule is CC/C1=C(\c2ccccc2)N[C@H](c2ccc3c(c2)sc2ccccc23)C(C)/C(C)=C(/C2=CC(n3c4ccccc4c4c3ccc3c5ccccc5n(-c5ccccc5)c34)=CCC2)C1. The summed E-state index contributed by atoms with van der Waals surface area (Å²) < 4.78 is 7.73. The third-order valence-corrected chi connectivity index (χ3v) is 15.3. The van der Waals surface area contributed by atoms with Crippen LogP contribution in [0.4, 0.5) is 0 Å². The second-order valence-corrected chi connectivity index (χ2v) is 18.6. The van der Waals surface area contributed by atoms with Crippen LogP contribution in [-0.4, -0.2) is 9.13 Å². The summed E-state index contributed by atoms with van der Waals surface area (Å²) in [6.07, 6.45) is 8.93. The lowest BCUT2D eigenvalue weighted by Crippen LogP contribution is -2.30. The first-order valence-electron chi connectivity index (χ1n) is 22.6. The molecule has 306 valence electrons. The Labute approximate surface area is 372 Å². The van der Waals surface area contributed by atoms with Crippen LogP contribution in [-0.2, 0) is 0 Å². The van der Waals surface area contributed by atoms with Crippen LogP contribution < -0.4 is 5.32 Å². The number of thiophene rings is 1. The zero-order chi connectivity index (χ0) is 42.2. The Morgan fingerprint density at radius 2 is 1.30 bits per heavy atom. The molecule has 1 unspecified atom stereocenters. The second kappa shape index (κ2) is 15.2. The molecule has 1 aliphatic carbocycles. The predicted octanol–water partition coefficient (Wildman–Crippen LogP) is 16.3. The maximum absolute atomic E-state index is 4.22. The maximum atomic E-state index is 4.22. The summed E-state index contributed by atoms with van der Waals surface area (Å²) in [7, 11) is 0. The molecule has 4 heterocycles. The summed E-state index contributed by atoms with van der Waals surface area (Å²) >= 11 is 1.91. The number of nitrogens with one attached hydrogen (secondary N) is 1. The lowest BCUT2D eigenvalue weighted by atomic mass is 9.78. The van der Waals surface area contributed by atoms with Crippen molar-refractivity contribution in [1.82, 2.24) is 14.5 Å². The third-order valence-electron chi connectivity index (χ3n) is 14.2. The molecule has 2 aliphatic rings. The molecule has 63 heavy (non-hydrogen) atoms. The number of allylic oxidation sites excluding steroid dienone is 6. The van der Waals surface area contributed by atoms with Gasteiger partial charge in [-0.2, -0.15) is 0 Å². The number of hydrogen-bond acceptors (Lipinski definition) is 2. The van der Waals surface area contributed by atoms with E-state index in [0.29, 0.717) is 0 Å². The van der Waals surface area contributed by atoms with Crippen molar-refractivity contribution in [2.75, 3.05) is 0 Å². The van der Waals surface area contributed by atoms with Gasteiger partial charge in [-0.25, -0.2) is 0 Å². The first-order chi connectivity index (χ1) is 31.1. The van der Waals surface area contributed by atoms with Crippen LogP contribution in [0, 0.1) is 5.92 Å². The summed E-state index contributed by atoms with van der Waals surface area (Å²) in [5.74, 6) is 0.251. The Kier molecular flexibility index (Phi) is 9.12. The summed E-state index contributed by atoms with van der Waals surface area (Å²) in [5.41, 5.74) is 17.2. The summed E-state index contributed by atoms with van der Waals surface area (Å²) in [6.45, 7) is 7.21. The molecular formula is C59H49N3S. The highest BCUT2D eigenvalue weighted by molar-refractivity contribution is 7.25. The molecule has 10 aromatic rings. The molecule has 4 heteroatoms. The van der Waals surface area contributed by atoms with E-state index in [1.54, 1.807) is 0 Å². The average Bonchev–Trinajstić information content (AvgIpc) is 4.00. The van der Waals surface area contributed by atoms with Crippen LogP contribution in [0.1, 0.15) is 63.6 Å². The van der Waals surface area contributed by atoms with Crippen molar-refractivity contribution in [1.29, 1.82) is 0 Å². The van der Waals surface area contributed by atoms with E-state index in [-0.39, 0.29) is 12.0 Å². The Hall–Kier alpha value is -6.88. The van der Waals surface area contributed by atoms with E-state index in [0.717, 1.165) is 25.7 Å². The number of rotatable bonds is 6. The Morgan fingerprint density at radius 1 is 0.635 bits per heavy atom. The lowest BCUT2D eigenvalue weighted by Gasteiger charge is -2.35. The minimum atomic E-state index is 0.0991. The van der Waals surface area contributed by atoms with Crippen molar-refractivity contribution in [3.8, 4) is 5.69 Å². The topological polar surface area (TPSA) is 21.9 Å². The van der Waals surface area contributed by atoms with Gasteiger partial charge in [0.25, 0.3) is 0 Å². The van der Waals surface area contributed by atoms with Gasteiger partial charge < -0.3 is 14.5 Å². The van der Waals surface area contributed by atoms with Crippen LogP contribution >= 0.6 is 11.3 Å². The average molecular weight is 832 g/mol. The molecule has 0 bridgehead atoms. The molecule has 1 aliphatic heterocycles. The van der Waals surface area contributed by atoms with Gasteiger partial charge in [0, 0.05) is 64.7 Å². The van der Waals surface area contributed by atoms with E-state index in [1.807, 2.05) is 11.3 Å². The number of benzene rings is 7. The van der Waals surface area contributed by atoms with E-state index in [2.05, 4.69) is 211 Å². The van der Waals surface area contributed by atoms with Crippen molar-refractivity contribution >= 4 is 86.5 Å². The zero-order valence-corrected chi connectivity index (χ0v) is 36.8. The van der Waals surface area contributed by atoms with Gasteiger partial charge in [-0.1, -0.05) is 147 Å². The third kappa shape index (κ3) is 6.07. The Bertz CT molecular complexity index is 3570. The van der Waals surface area contributed by atoms with Gasteiger partial charge in [-0.15, -0.1) is 11.3 Å². The highest BCUT2D eigenvalue weighted by atomic mass is 32.1. The molecule has 0 spiro atoms. The Balaban J connectivity index is 1.04. The fourth-order valence-corrected chi connectivity index (χ4v) is 12.1. The van der Waals surface area contributed by atoms with Gasteiger partial charge in [-0.3, -0.25) is 0 Å². The van der Waals surface area contributed by atoms with Gasteiger partial charge in [0.1, 0.15) is 0 Å². The molecule has 1 N–H and O–H groups in total.